The van der Waals surface area contributed by atoms with Gasteiger partial charge >= 0.3 is 23.8 Å². The highest BCUT2D eigenvalue weighted by molar-refractivity contribution is 5.81. The highest BCUT2D eigenvalue weighted by atomic mass is 19.3. The van der Waals surface area contributed by atoms with Crippen molar-refractivity contribution < 1.29 is 46.8 Å². The first kappa shape index (κ1) is 25.9. The third-order valence-corrected chi connectivity index (χ3v) is 3.68. The number of nitro groups is 2. The van der Waals surface area contributed by atoms with Crippen LogP contribution in [0.5, 0.6) is 0 Å². The first-order valence-corrected chi connectivity index (χ1v) is 8.42. The second kappa shape index (κ2) is 10.3. The van der Waals surface area contributed by atoms with E-state index in [1.165, 1.54) is 25.1 Å². The molecule has 14 heteroatoms. The molecule has 2 rings (SSSR count). The van der Waals surface area contributed by atoms with Crippen LogP contribution in [-0.4, -0.2) is 33.5 Å². The van der Waals surface area contributed by atoms with Crippen molar-refractivity contribution in [3.63, 3.8) is 0 Å². The van der Waals surface area contributed by atoms with Crippen molar-refractivity contribution in [1.29, 1.82) is 0 Å². The van der Waals surface area contributed by atoms with E-state index in [1.807, 2.05) is 0 Å². The van der Waals surface area contributed by atoms with Crippen LogP contribution in [0.15, 0.2) is 48.5 Å². The zero-order valence-corrected chi connectivity index (χ0v) is 16.0. The van der Waals surface area contributed by atoms with E-state index in [-0.39, 0.29) is 6.61 Å². The Labute approximate surface area is 176 Å². The Morgan fingerprint density at radius 2 is 1.25 bits per heavy atom. The lowest BCUT2D eigenvalue weighted by Crippen LogP contribution is -2.29. The molecule has 2 aromatic carbocycles. The van der Waals surface area contributed by atoms with Gasteiger partial charge in [-0.15, -0.1) is 0 Å². The number of nitro benzene ring substituents is 2. The number of benzene rings is 2. The first-order valence-electron chi connectivity index (χ1n) is 8.42. The summed E-state index contributed by atoms with van der Waals surface area (Å²) < 4.78 is 57.3. The minimum absolute atomic E-state index is 0.227. The minimum Gasteiger partial charge on any atom is -0.477 e. The second-order valence-electron chi connectivity index (χ2n) is 5.72. The largest absolute Gasteiger partial charge is 0.477 e. The number of hydrogen-bond donors (Lipinski definition) is 1. The van der Waals surface area contributed by atoms with Gasteiger partial charge in [0.25, 0.3) is 11.4 Å². The summed E-state index contributed by atoms with van der Waals surface area (Å²) in [6, 6.07) is 7.99. The van der Waals surface area contributed by atoms with E-state index in [0.717, 1.165) is 24.3 Å². The number of aliphatic carboxylic acids is 1. The van der Waals surface area contributed by atoms with Gasteiger partial charge in [0.2, 0.25) is 0 Å². The second-order valence-corrected chi connectivity index (χ2v) is 5.72. The van der Waals surface area contributed by atoms with E-state index in [2.05, 4.69) is 4.74 Å². The number of carboxylic acid groups (broad SMARTS) is 1. The van der Waals surface area contributed by atoms with Crippen LogP contribution < -0.4 is 0 Å². The van der Waals surface area contributed by atoms with E-state index < -0.39 is 56.1 Å². The predicted octanol–water partition coefficient (Wildman–Crippen LogP) is 4.02. The Hall–Kier alpha value is -4.10. The Morgan fingerprint density at radius 3 is 1.59 bits per heavy atom. The summed E-state index contributed by atoms with van der Waals surface area (Å²) in [5.41, 5.74) is -3.82. The maximum absolute atomic E-state index is 13.6. The fourth-order valence-corrected chi connectivity index (χ4v) is 2.24. The monoisotopic (exact) mass is 462 g/mol. The maximum atomic E-state index is 13.6. The lowest BCUT2D eigenvalue weighted by Gasteiger charge is -2.14. The number of para-hydroxylation sites is 2. The molecule has 0 aliphatic carbocycles. The van der Waals surface area contributed by atoms with Crippen molar-refractivity contribution >= 4 is 23.3 Å². The summed E-state index contributed by atoms with van der Waals surface area (Å²) >= 11 is 0. The van der Waals surface area contributed by atoms with Gasteiger partial charge in [0, 0.05) is 12.1 Å². The molecule has 0 radical (unpaired) electrons. The van der Waals surface area contributed by atoms with Crippen LogP contribution in [0.25, 0.3) is 0 Å². The number of ether oxygens (including phenoxy) is 1. The number of esters is 1. The molecule has 0 saturated carbocycles. The molecule has 2 aromatic rings. The van der Waals surface area contributed by atoms with Crippen LogP contribution >= 0.6 is 0 Å². The third kappa shape index (κ3) is 5.74. The number of nitrogens with zero attached hydrogens (tertiary/aromatic N) is 2. The Balaban J connectivity index is 0.000000323. The normalized spacial score (nSPS) is 11.0. The van der Waals surface area contributed by atoms with E-state index in [0.29, 0.717) is 6.07 Å². The van der Waals surface area contributed by atoms with Gasteiger partial charge < -0.3 is 9.84 Å². The SMILES string of the molecule is CCOC(=O)C(F)(F)c1ccccc1[N+](=O)[O-].O=C(O)C(F)(F)c1ccccc1[N+](=O)[O-]. The standard InChI is InChI=1S/C10H9F2NO4.C8H5F2NO4/c1-2-17-9(14)10(11,12)7-5-3-4-6-8(7)13(15)16;9-8(10,7(12)13)5-3-1-2-4-6(5)11(14)15/h3-6H,2H2,1H3;1-4H,(H,12,13). The van der Waals surface area contributed by atoms with Crippen molar-refractivity contribution in [3.8, 4) is 0 Å². The topological polar surface area (TPSA) is 150 Å². The molecule has 172 valence electrons. The molecule has 0 atom stereocenters. The molecule has 0 fully saturated rings. The van der Waals surface area contributed by atoms with Gasteiger partial charge in [-0.1, -0.05) is 24.3 Å². The van der Waals surface area contributed by atoms with Crippen LogP contribution in [0.2, 0.25) is 0 Å². The Morgan fingerprint density at radius 1 is 0.875 bits per heavy atom. The molecule has 32 heavy (non-hydrogen) atoms. The number of halogens is 4. The van der Waals surface area contributed by atoms with Crippen LogP contribution in [0.3, 0.4) is 0 Å². The minimum atomic E-state index is -4.26. The molecule has 0 bridgehead atoms. The number of carbonyl (C=O) groups excluding carboxylic acids is 1. The van der Waals surface area contributed by atoms with Crippen LogP contribution in [-0.2, 0) is 26.2 Å². The van der Waals surface area contributed by atoms with Crippen molar-refractivity contribution in [2.24, 2.45) is 0 Å². The van der Waals surface area contributed by atoms with Gasteiger partial charge in [-0.25, -0.2) is 9.59 Å². The molecule has 0 heterocycles. The van der Waals surface area contributed by atoms with E-state index >= 15 is 0 Å². The molecule has 0 aliphatic heterocycles. The molecule has 1 N–H and O–H groups in total. The Kier molecular flexibility index (Phi) is 8.33. The summed E-state index contributed by atoms with van der Waals surface area (Å²) in [5.74, 6) is -12.5. The van der Waals surface area contributed by atoms with Crippen LogP contribution in [0, 0.1) is 20.2 Å². The molecule has 0 spiro atoms. The first-order chi connectivity index (χ1) is 14.8. The number of rotatable bonds is 7. The summed E-state index contributed by atoms with van der Waals surface area (Å²) in [5, 5.41) is 29.2. The van der Waals surface area contributed by atoms with Gasteiger partial charge in [-0.05, 0) is 19.1 Å². The summed E-state index contributed by atoms with van der Waals surface area (Å²) in [4.78, 5) is 40.2. The molecular formula is C18H14F4N2O8. The van der Waals surface area contributed by atoms with Crippen molar-refractivity contribution in [2.75, 3.05) is 6.61 Å². The van der Waals surface area contributed by atoms with E-state index in [4.69, 9.17) is 5.11 Å². The van der Waals surface area contributed by atoms with Crippen molar-refractivity contribution in [3.05, 3.63) is 79.9 Å². The number of carboxylic acids is 1. The van der Waals surface area contributed by atoms with E-state index in [1.54, 1.807) is 0 Å². The lowest BCUT2D eigenvalue weighted by molar-refractivity contribution is -0.387. The predicted molar refractivity (Wildman–Crippen MR) is 98.2 cm³/mol. The Bertz CT molecular complexity index is 1030. The average Bonchev–Trinajstić information content (AvgIpc) is 2.74. The van der Waals surface area contributed by atoms with Gasteiger partial charge in [-0.3, -0.25) is 20.2 Å². The molecule has 0 unspecified atom stereocenters. The number of carbonyl (C=O) groups is 2. The summed E-state index contributed by atoms with van der Waals surface area (Å²) in [6.07, 6.45) is 0. The lowest BCUT2D eigenvalue weighted by atomic mass is 10.1. The summed E-state index contributed by atoms with van der Waals surface area (Å²) in [6.45, 7) is 1.14. The van der Waals surface area contributed by atoms with Crippen LogP contribution in [0.4, 0.5) is 28.9 Å². The fourth-order valence-electron chi connectivity index (χ4n) is 2.24. The molecular weight excluding hydrogens is 448 g/mol. The fraction of sp³-hybridized carbons (Fsp3) is 0.222. The molecule has 0 aromatic heterocycles. The van der Waals surface area contributed by atoms with Crippen molar-refractivity contribution in [2.45, 2.75) is 18.8 Å². The summed E-state index contributed by atoms with van der Waals surface area (Å²) in [7, 11) is 0. The third-order valence-electron chi connectivity index (χ3n) is 3.68. The van der Waals surface area contributed by atoms with Crippen molar-refractivity contribution in [1.82, 2.24) is 0 Å². The smallest absolute Gasteiger partial charge is 0.382 e. The van der Waals surface area contributed by atoms with E-state index in [9.17, 15) is 47.4 Å². The highest BCUT2D eigenvalue weighted by Gasteiger charge is 2.47. The zero-order chi connectivity index (χ0) is 24.7. The van der Waals surface area contributed by atoms with Gasteiger partial charge in [-0.2, -0.15) is 17.6 Å². The van der Waals surface area contributed by atoms with Gasteiger partial charge in [0.15, 0.2) is 0 Å². The molecule has 10 nitrogen and oxygen atoms in total. The zero-order valence-electron chi connectivity index (χ0n) is 16.0. The molecule has 0 amide bonds. The number of hydrogen-bond acceptors (Lipinski definition) is 7. The molecule has 0 aliphatic rings. The maximum Gasteiger partial charge on any atom is 0.382 e. The number of alkyl halides is 4. The average molecular weight is 462 g/mol. The highest BCUT2D eigenvalue weighted by Crippen LogP contribution is 2.36. The van der Waals surface area contributed by atoms with Gasteiger partial charge in [0.05, 0.1) is 16.5 Å². The van der Waals surface area contributed by atoms with Gasteiger partial charge in [0.1, 0.15) is 11.1 Å². The quantitative estimate of drug-likeness (QED) is 0.281. The van der Waals surface area contributed by atoms with Crippen LogP contribution in [0.1, 0.15) is 18.1 Å². The molecule has 0 saturated heterocycles.